The van der Waals surface area contributed by atoms with Crippen molar-refractivity contribution in [3.8, 4) is 0 Å². The highest BCUT2D eigenvalue weighted by molar-refractivity contribution is 5.78. The Labute approximate surface area is 281 Å². The molecule has 0 saturated carbocycles. The average molecular weight is 635 g/mol. The third-order valence-corrected chi connectivity index (χ3v) is 8.07. The second-order valence-electron chi connectivity index (χ2n) is 11.7. The molecule has 7 nitrogen and oxygen atoms in total. The Balaban J connectivity index is 0.000000217. The Morgan fingerprint density at radius 1 is 0.830 bits per heavy atom. The minimum Gasteiger partial charge on any atom is -0.323 e. The number of nitrogens with one attached hydrogen (secondary N) is 1. The zero-order chi connectivity index (χ0) is 33.7. The number of benzene rings is 4. The Morgan fingerprint density at radius 2 is 1.36 bits per heavy atom. The van der Waals surface area contributed by atoms with E-state index in [4.69, 9.17) is 0 Å². The van der Waals surface area contributed by atoms with Gasteiger partial charge in [-0.15, -0.1) is 0 Å². The second-order valence-corrected chi connectivity index (χ2v) is 11.7. The van der Waals surface area contributed by atoms with E-state index in [1.54, 1.807) is 9.80 Å². The van der Waals surface area contributed by atoms with Gasteiger partial charge in [0.25, 0.3) is 0 Å². The van der Waals surface area contributed by atoms with Crippen LogP contribution in [0.2, 0.25) is 0 Å². The Morgan fingerprint density at radius 3 is 1.83 bits per heavy atom. The fourth-order valence-electron chi connectivity index (χ4n) is 5.61. The Kier molecular flexibility index (Phi) is 16.7. The molecule has 1 N–H and O–H groups in total. The van der Waals surface area contributed by atoms with Gasteiger partial charge >= 0.3 is 0 Å². The normalized spacial score (nSPS) is 14.1. The summed E-state index contributed by atoms with van der Waals surface area (Å²) in [6.45, 7) is 5.20. The molecule has 1 aliphatic heterocycles. The zero-order valence-corrected chi connectivity index (χ0v) is 28.1. The van der Waals surface area contributed by atoms with Crippen LogP contribution in [0.4, 0.5) is 0 Å². The summed E-state index contributed by atoms with van der Waals surface area (Å²) in [6, 6.07) is 41.8. The summed E-state index contributed by atoms with van der Waals surface area (Å²) in [6.07, 6.45) is 3.01. The van der Waals surface area contributed by atoms with Gasteiger partial charge in [0.2, 0.25) is 12.3 Å². The summed E-state index contributed by atoms with van der Waals surface area (Å²) in [5.41, 5.74) is 5.29. The standard InChI is InChI=1S/C17H23N3O3.C16H19N.C7H8/c1-18(12-15-6-3-2-4-7-15)13-16-19(14-22)10-8-17(23)20(16)9-5-11-21;1-17-13-12-16(14-8-4-2-5-9-14)15-10-6-3-7-11-15;1-7-5-3-2-4-6-7/h2-4,6-7,11,14,16H,5,8-10,12-13H2,1H3;2-11,16-17H,12-13H2,1H3;2-6H,1H3. The first-order chi connectivity index (χ1) is 23.0. The smallest absolute Gasteiger partial charge is 0.226 e. The first-order valence-corrected chi connectivity index (χ1v) is 16.4. The van der Waals surface area contributed by atoms with Crippen LogP contribution >= 0.6 is 0 Å². The summed E-state index contributed by atoms with van der Waals surface area (Å²) < 4.78 is 0. The molecule has 248 valence electrons. The molecular formula is C40H50N4O3. The van der Waals surface area contributed by atoms with Gasteiger partial charge in [0.15, 0.2) is 0 Å². The lowest BCUT2D eigenvalue weighted by Gasteiger charge is -2.43. The van der Waals surface area contributed by atoms with Gasteiger partial charge in [0.05, 0.1) is 0 Å². The third kappa shape index (κ3) is 13.0. The first kappa shape index (κ1) is 36.9. The van der Waals surface area contributed by atoms with E-state index in [9.17, 15) is 14.4 Å². The maximum atomic E-state index is 12.2. The monoisotopic (exact) mass is 634 g/mol. The molecule has 7 heteroatoms. The molecule has 4 aromatic rings. The molecular weight excluding hydrogens is 584 g/mol. The third-order valence-electron chi connectivity index (χ3n) is 8.07. The van der Waals surface area contributed by atoms with E-state index in [0.717, 1.165) is 32.2 Å². The average Bonchev–Trinajstić information content (AvgIpc) is 3.11. The van der Waals surface area contributed by atoms with Crippen LogP contribution in [0.15, 0.2) is 121 Å². The highest BCUT2D eigenvalue weighted by Gasteiger charge is 2.33. The maximum absolute atomic E-state index is 12.2. The van der Waals surface area contributed by atoms with E-state index in [1.165, 1.54) is 22.3 Å². The Bertz CT molecular complexity index is 1380. The highest BCUT2D eigenvalue weighted by Crippen LogP contribution is 2.27. The topological polar surface area (TPSA) is 73.0 Å². The number of aryl methyl sites for hydroxylation is 1. The van der Waals surface area contributed by atoms with Gasteiger partial charge in [-0.25, -0.2) is 0 Å². The molecule has 1 saturated heterocycles. The molecule has 0 aromatic heterocycles. The highest BCUT2D eigenvalue weighted by atomic mass is 16.2. The number of hydrogen-bond acceptors (Lipinski definition) is 5. The van der Waals surface area contributed by atoms with E-state index in [0.29, 0.717) is 32.0 Å². The van der Waals surface area contributed by atoms with Crippen molar-refractivity contribution >= 4 is 18.6 Å². The molecule has 1 unspecified atom stereocenters. The fraction of sp³-hybridized carbons (Fsp3) is 0.325. The summed E-state index contributed by atoms with van der Waals surface area (Å²) >= 11 is 0. The maximum Gasteiger partial charge on any atom is 0.226 e. The van der Waals surface area contributed by atoms with Crippen LogP contribution in [0, 0.1) is 6.92 Å². The van der Waals surface area contributed by atoms with Gasteiger partial charge in [-0.1, -0.05) is 127 Å². The van der Waals surface area contributed by atoms with Crippen molar-refractivity contribution in [1.82, 2.24) is 20.0 Å². The summed E-state index contributed by atoms with van der Waals surface area (Å²) in [4.78, 5) is 39.5. The predicted molar refractivity (Wildman–Crippen MR) is 191 cm³/mol. The van der Waals surface area contributed by atoms with Crippen molar-refractivity contribution in [2.45, 2.75) is 44.8 Å². The molecule has 0 spiro atoms. The van der Waals surface area contributed by atoms with E-state index >= 15 is 0 Å². The summed E-state index contributed by atoms with van der Waals surface area (Å²) in [5, 5.41) is 3.24. The molecule has 2 amide bonds. The van der Waals surface area contributed by atoms with E-state index in [-0.39, 0.29) is 18.5 Å². The molecule has 47 heavy (non-hydrogen) atoms. The van der Waals surface area contributed by atoms with Gasteiger partial charge in [-0.2, -0.15) is 0 Å². The molecule has 1 fully saturated rings. The molecule has 1 atom stereocenters. The number of carbonyl (C=O) groups is 3. The van der Waals surface area contributed by atoms with Crippen LogP contribution < -0.4 is 5.32 Å². The van der Waals surface area contributed by atoms with Gasteiger partial charge in [-0.05, 0) is 50.7 Å². The number of rotatable bonds is 13. The van der Waals surface area contributed by atoms with Crippen molar-refractivity contribution in [3.05, 3.63) is 144 Å². The van der Waals surface area contributed by atoms with E-state index < -0.39 is 0 Å². The molecule has 0 aliphatic carbocycles. The summed E-state index contributed by atoms with van der Waals surface area (Å²) in [7, 11) is 3.97. The Hall–Kier alpha value is -4.59. The number of amides is 2. The SMILES string of the molecule is CN(Cc1ccccc1)CC1N(C=O)CCC(=O)N1CCC=O.CNCCC(c1ccccc1)c1ccccc1.Cc1ccccc1. The zero-order valence-electron chi connectivity index (χ0n) is 28.1. The molecule has 4 aromatic carbocycles. The van der Waals surface area contributed by atoms with Crippen LogP contribution in [0.1, 0.15) is 47.4 Å². The number of hydrogen-bond donors (Lipinski definition) is 1. The van der Waals surface area contributed by atoms with E-state index in [2.05, 4.69) is 89.9 Å². The van der Waals surface area contributed by atoms with Crippen molar-refractivity contribution in [1.29, 1.82) is 0 Å². The van der Waals surface area contributed by atoms with Crippen molar-refractivity contribution in [2.75, 3.05) is 40.3 Å². The van der Waals surface area contributed by atoms with Gasteiger partial charge in [-0.3, -0.25) is 14.5 Å². The van der Waals surface area contributed by atoms with Crippen LogP contribution in [0.25, 0.3) is 0 Å². The minimum absolute atomic E-state index is 0.00283. The van der Waals surface area contributed by atoms with Crippen LogP contribution in [0.5, 0.6) is 0 Å². The van der Waals surface area contributed by atoms with Gasteiger partial charge in [0.1, 0.15) is 12.5 Å². The number of likely N-dealkylation sites (N-methyl/N-ethyl adjacent to an activating group) is 1. The molecule has 0 bridgehead atoms. The van der Waals surface area contributed by atoms with E-state index in [1.807, 2.05) is 62.6 Å². The number of carbonyl (C=O) groups excluding carboxylic acids is 3. The fourth-order valence-corrected chi connectivity index (χ4v) is 5.61. The summed E-state index contributed by atoms with van der Waals surface area (Å²) in [5.74, 6) is 0.493. The quantitative estimate of drug-likeness (QED) is 0.179. The second kappa shape index (κ2) is 21.3. The largest absolute Gasteiger partial charge is 0.323 e. The molecule has 1 heterocycles. The van der Waals surface area contributed by atoms with Crippen molar-refractivity contribution in [2.24, 2.45) is 0 Å². The predicted octanol–water partition coefficient (Wildman–Crippen LogP) is 6.15. The van der Waals surface area contributed by atoms with Gasteiger partial charge < -0.3 is 19.9 Å². The minimum atomic E-state index is -0.317. The lowest BCUT2D eigenvalue weighted by atomic mass is 9.88. The van der Waals surface area contributed by atoms with Crippen molar-refractivity contribution in [3.63, 3.8) is 0 Å². The van der Waals surface area contributed by atoms with Crippen LogP contribution in [-0.4, -0.2) is 79.7 Å². The molecule has 0 radical (unpaired) electrons. The first-order valence-electron chi connectivity index (χ1n) is 16.4. The number of aldehydes is 1. The van der Waals surface area contributed by atoms with Crippen LogP contribution in [-0.2, 0) is 20.9 Å². The van der Waals surface area contributed by atoms with Crippen molar-refractivity contribution < 1.29 is 14.4 Å². The van der Waals surface area contributed by atoms with Gasteiger partial charge in [0, 0.05) is 44.9 Å². The molecule has 1 aliphatic rings. The number of nitrogens with zero attached hydrogens (tertiary/aromatic N) is 3. The van der Waals surface area contributed by atoms with Crippen LogP contribution in [0.3, 0.4) is 0 Å². The molecule has 5 rings (SSSR count). The lowest BCUT2D eigenvalue weighted by molar-refractivity contribution is -0.149. The lowest BCUT2D eigenvalue weighted by Crippen LogP contribution is -2.59.